The van der Waals surface area contributed by atoms with Crippen LogP contribution in [0.5, 0.6) is 11.5 Å². The number of fused-ring (bicyclic) bond motifs is 1. The van der Waals surface area contributed by atoms with Crippen molar-refractivity contribution in [1.29, 1.82) is 0 Å². The molecule has 1 N–H and O–H groups in total. The molecule has 2 heterocycles. The second kappa shape index (κ2) is 8.86. The van der Waals surface area contributed by atoms with Crippen LogP contribution in [0.1, 0.15) is 6.42 Å². The highest BCUT2D eigenvalue weighted by atomic mass is 16.6. The first-order valence-electron chi connectivity index (χ1n) is 8.73. The van der Waals surface area contributed by atoms with Gasteiger partial charge in [0.2, 0.25) is 11.8 Å². The fourth-order valence-corrected chi connectivity index (χ4v) is 2.97. The number of hydrogen-bond acceptors (Lipinski definition) is 6. The molecule has 3 rings (SSSR count). The van der Waals surface area contributed by atoms with E-state index in [-0.39, 0.29) is 24.2 Å². The molecule has 8 heteroatoms. The van der Waals surface area contributed by atoms with Crippen LogP contribution in [-0.4, -0.2) is 65.0 Å². The highest BCUT2D eigenvalue weighted by Crippen LogP contribution is 2.35. The van der Waals surface area contributed by atoms with Gasteiger partial charge >= 0.3 is 0 Å². The number of benzene rings is 1. The number of methoxy groups -OCH3 is 1. The Morgan fingerprint density at radius 1 is 1.23 bits per heavy atom. The van der Waals surface area contributed by atoms with Crippen molar-refractivity contribution in [1.82, 2.24) is 5.32 Å². The Balaban J connectivity index is 1.51. The fourth-order valence-electron chi connectivity index (χ4n) is 2.97. The quantitative estimate of drug-likeness (QED) is 0.680. The van der Waals surface area contributed by atoms with Crippen LogP contribution >= 0.6 is 0 Å². The van der Waals surface area contributed by atoms with Crippen LogP contribution in [0.4, 0.5) is 5.69 Å². The number of carbonyl (C=O) groups excluding carboxylic acids is 2. The molecule has 26 heavy (non-hydrogen) atoms. The van der Waals surface area contributed by atoms with Crippen LogP contribution in [0.25, 0.3) is 0 Å². The lowest BCUT2D eigenvalue weighted by Crippen LogP contribution is -2.35. The second-order valence-corrected chi connectivity index (χ2v) is 6.13. The van der Waals surface area contributed by atoms with Crippen molar-refractivity contribution in [3.8, 4) is 11.5 Å². The smallest absolute Gasteiger partial charge is 0.227 e. The number of rotatable bonds is 8. The molecular weight excluding hydrogens is 340 g/mol. The van der Waals surface area contributed by atoms with Gasteiger partial charge in [-0.1, -0.05) is 0 Å². The van der Waals surface area contributed by atoms with Crippen LogP contribution in [-0.2, 0) is 19.1 Å². The number of ether oxygens (including phenoxy) is 4. The lowest BCUT2D eigenvalue weighted by atomic mass is 10.1. The Morgan fingerprint density at radius 3 is 2.85 bits per heavy atom. The fraction of sp³-hybridized carbons (Fsp3) is 0.556. The summed E-state index contributed by atoms with van der Waals surface area (Å²) in [7, 11) is 1.61. The molecule has 1 aromatic rings. The molecule has 0 aliphatic carbocycles. The van der Waals surface area contributed by atoms with Gasteiger partial charge in [-0.15, -0.1) is 0 Å². The van der Waals surface area contributed by atoms with E-state index >= 15 is 0 Å². The van der Waals surface area contributed by atoms with Crippen molar-refractivity contribution < 1.29 is 28.5 Å². The average Bonchev–Trinajstić information content (AvgIpc) is 3.06. The van der Waals surface area contributed by atoms with Crippen molar-refractivity contribution >= 4 is 17.5 Å². The first-order chi connectivity index (χ1) is 12.7. The number of anilines is 1. The summed E-state index contributed by atoms with van der Waals surface area (Å²) in [5.74, 6) is 0.735. The van der Waals surface area contributed by atoms with Gasteiger partial charge in [-0.2, -0.15) is 0 Å². The Kier molecular flexibility index (Phi) is 6.30. The van der Waals surface area contributed by atoms with Gasteiger partial charge in [0.15, 0.2) is 11.5 Å². The normalized spacial score (nSPS) is 18.9. The predicted molar refractivity (Wildman–Crippen MR) is 93.6 cm³/mol. The van der Waals surface area contributed by atoms with E-state index in [2.05, 4.69) is 5.32 Å². The summed E-state index contributed by atoms with van der Waals surface area (Å²) in [5, 5.41) is 2.82. The van der Waals surface area contributed by atoms with E-state index in [0.29, 0.717) is 57.6 Å². The van der Waals surface area contributed by atoms with E-state index in [0.717, 1.165) is 5.69 Å². The zero-order chi connectivity index (χ0) is 18.4. The van der Waals surface area contributed by atoms with Crippen LogP contribution in [0.2, 0.25) is 0 Å². The summed E-state index contributed by atoms with van der Waals surface area (Å²) in [5.41, 5.74) is 0.720. The minimum absolute atomic E-state index is 0.0711. The van der Waals surface area contributed by atoms with Gasteiger partial charge in [0.25, 0.3) is 0 Å². The van der Waals surface area contributed by atoms with Gasteiger partial charge in [0.05, 0.1) is 25.7 Å². The Morgan fingerprint density at radius 2 is 2.04 bits per heavy atom. The molecule has 0 bridgehead atoms. The van der Waals surface area contributed by atoms with E-state index in [1.54, 1.807) is 24.1 Å². The van der Waals surface area contributed by atoms with E-state index in [1.807, 2.05) is 6.07 Å². The first-order valence-corrected chi connectivity index (χ1v) is 8.73. The third-order valence-electron chi connectivity index (χ3n) is 4.31. The number of amides is 2. The lowest BCUT2D eigenvalue weighted by molar-refractivity contribution is -0.126. The summed E-state index contributed by atoms with van der Waals surface area (Å²) in [4.78, 5) is 26.2. The SMILES string of the molecule is COCCOCCNC(=O)C1CC(=O)N(c2ccc3c(c2)OCCO3)C1. The van der Waals surface area contributed by atoms with Gasteiger partial charge in [0, 0.05) is 38.4 Å². The van der Waals surface area contributed by atoms with Crippen molar-refractivity contribution in [2.75, 3.05) is 58.1 Å². The molecule has 1 saturated heterocycles. The minimum atomic E-state index is -0.366. The van der Waals surface area contributed by atoms with Crippen LogP contribution in [0.3, 0.4) is 0 Å². The third kappa shape index (κ3) is 4.44. The zero-order valence-corrected chi connectivity index (χ0v) is 14.9. The van der Waals surface area contributed by atoms with Crippen LogP contribution in [0, 0.1) is 5.92 Å². The van der Waals surface area contributed by atoms with E-state index in [1.165, 1.54) is 0 Å². The molecule has 1 atom stereocenters. The molecule has 142 valence electrons. The lowest BCUT2D eigenvalue weighted by Gasteiger charge is -2.22. The molecule has 8 nitrogen and oxygen atoms in total. The maximum absolute atomic E-state index is 12.3. The van der Waals surface area contributed by atoms with Crippen LogP contribution < -0.4 is 19.7 Å². The van der Waals surface area contributed by atoms with Crippen molar-refractivity contribution in [2.45, 2.75) is 6.42 Å². The maximum atomic E-state index is 12.3. The van der Waals surface area contributed by atoms with Gasteiger partial charge in [-0.05, 0) is 12.1 Å². The summed E-state index contributed by atoms with van der Waals surface area (Å²) in [6.45, 7) is 3.21. The molecular formula is C18H24N2O6. The summed E-state index contributed by atoms with van der Waals surface area (Å²) in [6.07, 6.45) is 0.199. The summed E-state index contributed by atoms with van der Waals surface area (Å²) < 4.78 is 21.2. The van der Waals surface area contributed by atoms with Crippen molar-refractivity contribution in [2.24, 2.45) is 5.92 Å². The molecule has 2 aliphatic heterocycles. The average molecular weight is 364 g/mol. The number of nitrogens with one attached hydrogen (secondary N) is 1. The van der Waals surface area contributed by atoms with Crippen molar-refractivity contribution in [3.63, 3.8) is 0 Å². The maximum Gasteiger partial charge on any atom is 0.227 e. The number of carbonyl (C=O) groups is 2. The monoisotopic (exact) mass is 364 g/mol. The van der Waals surface area contributed by atoms with Gasteiger partial charge in [-0.3, -0.25) is 9.59 Å². The zero-order valence-electron chi connectivity index (χ0n) is 14.9. The largest absolute Gasteiger partial charge is 0.486 e. The summed E-state index contributed by atoms with van der Waals surface area (Å²) in [6, 6.07) is 5.40. The van der Waals surface area contributed by atoms with E-state index in [9.17, 15) is 9.59 Å². The topological polar surface area (TPSA) is 86.3 Å². The Labute approximate surface area is 152 Å². The highest BCUT2D eigenvalue weighted by molar-refractivity contribution is 6.00. The molecule has 0 radical (unpaired) electrons. The molecule has 0 spiro atoms. The van der Waals surface area contributed by atoms with Gasteiger partial charge in [0.1, 0.15) is 13.2 Å². The molecule has 1 unspecified atom stereocenters. The van der Waals surface area contributed by atoms with Crippen molar-refractivity contribution in [3.05, 3.63) is 18.2 Å². The molecule has 0 aromatic heterocycles. The molecule has 0 saturated carbocycles. The first kappa shape index (κ1) is 18.5. The van der Waals surface area contributed by atoms with E-state index < -0.39 is 0 Å². The number of nitrogens with zero attached hydrogens (tertiary/aromatic N) is 1. The molecule has 1 aromatic carbocycles. The highest BCUT2D eigenvalue weighted by Gasteiger charge is 2.35. The van der Waals surface area contributed by atoms with Gasteiger partial charge < -0.3 is 29.2 Å². The Hall–Kier alpha value is -2.32. The minimum Gasteiger partial charge on any atom is -0.486 e. The van der Waals surface area contributed by atoms with Crippen LogP contribution in [0.15, 0.2) is 18.2 Å². The molecule has 2 amide bonds. The second-order valence-electron chi connectivity index (χ2n) is 6.13. The van der Waals surface area contributed by atoms with Gasteiger partial charge in [-0.25, -0.2) is 0 Å². The Bertz CT molecular complexity index is 651. The number of hydrogen-bond donors (Lipinski definition) is 1. The van der Waals surface area contributed by atoms with E-state index in [4.69, 9.17) is 18.9 Å². The standard InChI is InChI=1S/C18H24N2O6/c1-23-6-7-24-5-4-19-18(22)13-10-17(21)20(12-13)14-2-3-15-16(11-14)26-9-8-25-15/h2-3,11,13H,4-10,12H2,1H3,(H,19,22). The third-order valence-corrected chi connectivity index (χ3v) is 4.31. The summed E-state index contributed by atoms with van der Waals surface area (Å²) >= 11 is 0. The molecule has 2 aliphatic rings. The predicted octanol–water partition coefficient (Wildman–Crippen LogP) is 0.590. The molecule has 1 fully saturated rings.